The monoisotopic (exact) mass is 299 g/mol. The maximum atomic E-state index is 13.9. The number of aromatic nitrogens is 1. The number of rotatable bonds is 3. The summed E-state index contributed by atoms with van der Waals surface area (Å²) in [6, 6.07) is 8.86. The van der Waals surface area contributed by atoms with E-state index in [4.69, 9.17) is 4.74 Å². The van der Waals surface area contributed by atoms with Gasteiger partial charge in [-0.1, -0.05) is 0 Å². The summed E-state index contributed by atoms with van der Waals surface area (Å²) in [6.07, 6.45) is 1.43. The molecule has 0 fully saturated rings. The second-order valence-corrected chi connectivity index (χ2v) is 4.46. The first-order valence-corrected chi connectivity index (χ1v) is 6.22. The molecule has 0 spiro atoms. The van der Waals surface area contributed by atoms with Crippen molar-refractivity contribution in [2.75, 3.05) is 0 Å². The van der Waals surface area contributed by atoms with Crippen LogP contribution in [-0.2, 0) is 5.11 Å². The Morgan fingerprint density at radius 3 is 2.64 bits per heavy atom. The third-order valence-electron chi connectivity index (χ3n) is 3.02. The summed E-state index contributed by atoms with van der Waals surface area (Å²) in [5.74, 6) is -0.889. The van der Waals surface area contributed by atoms with Crippen LogP contribution in [0.1, 0.15) is 0 Å². The first-order valence-electron chi connectivity index (χ1n) is 6.22. The molecule has 0 unspecified atom stereocenters. The Morgan fingerprint density at radius 2 is 1.91 bits per heavy atom. The van der Waals surface area contributed by atoms with Gasteiger partial charge in [-0.25, -0.2) is 4.39 Å². The van der Waals surface area contributed by atoms with Crippen molar-refractivity contribution in [2.24, 2.45) is 0 Å². The summed E-state index contributed by atoms with van der Waals surface area (Å²) < 4.78 is 19.3. The third kappa shape index (κ3) is 2.51. The lowest BCUT2D eigenvalue weighted by Gasteiger charge is -2.09. The van der Waals surface area contributed by atoms with E-state index < -0.39 is 10.7 Å². The van der Waals surface area contributed by atoms with Crippen molar-refractivity contribution in [3.63, 3.8) is 0 Å². The molecule has 0 aliphatic carbocycles. The van der Waals surface area contributed by atoms with Gasteiger partial charge in [0.25, 0.3) is 5.69 Å². The number of nitrogens with zero attached hydrogens (tertiary/aromatic N) is 2. The van der Waals surface area contributed by atoms with Crippen molar-refractivity contribution in [3.05, 3.63) is 64.6 Å². The SMILES string of the molecule is [O]c1ccc2c(Oc3ccc([N+](=O)[O-])cc3F)ccnc2c1. The molecule has 1 heterocycles. The van der Waals surface area contributed by atoms with Gasteiger partial charge in [-0.3, -0.25) is 20.2 Å². The Hall–Kier alpha value is -3.22. The Bertz CT molecular complexity index is 883. The van der Waals surface area contributed by atoms with Gasteiger partial charge in [-0.05, 0) is 24.3 Å². The molecule has 0 bridgehead atoms. The Kier molecular flexibility index (Phi) is 3.30. The van der Waals surface area contributed by atoms with Crippen LogP contribution in [-0.4, -0.2) is 9.91 Å². The normalized spacial score (nSPS) is 10.6. The van der Waals surface area contributed by atoms with Gasteiger partial charge in [0.1, 0.15) is 5.75 Å². The maximum absolute atomic E-state index is 13.9. The van der Waals surface area contributed by atoms with E-state index in [2.05, 4.69) is 4.98 Å². The summed E-state index contributed by atoms with van der Waals surface area (Å²) in [5, 5.41) is 22.4. The number of pyridine rings is 1. The minimum Gasteiger partial charge on any atom is -0.454 e. The van der Waals surface area contributed by atoms with Gasteiger partial charge >= 0.3 is 0 Å². The molecule has 0 N–H and O–H groups in total. The highest BCUT2D eigenvalue weighted by Gasteiger charge is 2.13. The van der Waals surface area contributed by atoms with E-state index in [1.165, 1.54) is 36.5 Å². The fourth-order valence-corrected chi connectivity index (χ4v) is 2.00. The van der Waals surface area contributed by atoms with Crippen molar-refractivity contribution in [2.45, 2.75) is 0 Å². The van der Waals surface area contributed by atoms with Crippen LogP contribution >= 0.6 is 0 Å². The molecule has 109 valence electrons. The Labute approximate surface area is 123 Å². The summed E-state index contributed by atoms with van der Waals surface area (Å²) in [4.78, 5) is 13.9. The molecule has 0 atom stereocenters. The predicted octanol–water partition coefficient (Wildman–Crippen LogP) is 4.22. The number of benzene rings is 2. The first kappa shape index (κ1) is 13.7. The van der Waals surface area contributed by atoms with E-state index in [0.717, 1.165) is 12.1 Å². The second-order valence-electron chi connectivity index (χ2n) is 4.46. The molecule has 7 heteroatoms. The molecule has 0 saturated heterocycles. The van der Waals surface area contributed by atoms with Gasteiger partial charge in [-0.2, -0.15) is 0 Å². The van der Waals surface area contributed by atoms with Crippen LogP contribution in [0.5, 0.6) is 17.2 Å². The van der Waals surface area contributed by atoms with Gasteiger partial charge in [0.05, 0.1) is 16.5 Å². The lowest BCUT2D eigenvalue weighted by atomic mass is 10.2. The summed E-state index contributed by atoms with van der Waals surface area (Å²) in [7, 11) is 0. The molecule has 0 aliphatic heterocycles. The molecular weight excluding hydrogens is 291 g/mol. The molecule has 22 heavy (non-hydrogen) atoms. The number of non-ortho nitro benzene ring substituents is 1. The summed E-state index contributed by atoms with van der Waals surface area (Å²) >= 11 is 0. The smallest absolute Gasteiger partial charge is 0.272 e. The maximum Gasteiger partial charge on any atom is 0.272 e. The van der Waals surface area contributed by atoms with Crippen LogP contribution in [0.3, 0.4) is 0 Å². The molecule has 3 aromatic rings. The van der Waals surface area contributed by atoms with E-state index in [1.54, 1.807) is 0 Å². The number of hydrogen-bond donors (Lipinski definition) is 0. The van der Waals surface area contributed by atoms with Gasteiger partial charge in [0.2, 0.25) is 0 Å². The van der Waals surface area contributed by atoms with Crippen LogP contribution in [0.25, 0.3) is 10.9 Å². The van der Waals surface area contributed by atoms with E-state index in [9.17, 15) is 19.6 Å². The second kappa shape index (κ2) is 5.28. The number of halogens is 1. The van der Waals surface area contributed by atoms with Crippen molar-refractivity contribution in [1.82, 2.24) is 4.98 Å². The van der Waals surface area contributed by atoms with Crippen LogP contribution < -0.4 is 4.74 Å². The summed E-state index contributed by atoms with van der Waals surface area (Å²) in [5.41, 5.74) is 0.0627. The number of nitro benzene ring substituents is 1. The Balaban J connectivity index is 2.02. The number of fused-ring (bicyclic) bond motifs is 1. The van der Waals surface area contributed by atoms with Crippen molar-refractivity contribution in [1.29, 1.82) is 0 Å². The number of hydrogen-bond acceptors (Lipinski definition) is 4. The van der Waals surface area contributed by atoms with Gasteiger partial charge in [0.15, 0.2) is 17.3 Å². The predicted molar refractivity (Wildman–Crippen MR) is 75.0 cm³/mol. The molecule has 0 aliphatic rings. The van der Waals surface area contributed by atoms with Crippen molar-refractivity contribution in [3.8, 4) is 17.2 Å². The van der Waals surface area contributed by atoms with Gasteiger partial charge in [-0.15, -0.1) is 0 Å². The minimum atomic E-state index is -0.848. The quantitative estimate of drug-likeness (QED) is 0.535. The first-order chi connectivity index (χ1) is 10.5. The highest BCUT2D eigenvalue weighted by molar-refractivity contribution is 5.86. The number of nitro groups is 1. The van der Waals surface area contributed by atoms with Crippen LogP contribution in [0.4, 0.5) is 10.1 Å². The lowest BCUT2D eigenvalue weighted by Crippen LogP contribution is -1.93. The average Bonchev–Trinajstić information content (AvgIpc) is 2.49. The fraction of sp³-hybridized carbons (Fsp3) is 0. The van der Waals surface area contributed by atoms with Crippen molar-refractivity contribution < 1.29 is 19.2 Å². The molecule has 6 nitrogen and oxygen atoms in total. The molecule has 1 radical (unpaired) electrons. The van der Waals surface area contributed by atoms with Crippen LogP contribution in [0.15, 0.2) is 48.7 Å². The topological polar surface area (TPSA) is 85.2 Å². The molecule has 2 aromatic carbocycles. The lowest BCUT2D eigenvalue weighted by molar-refractivity contribution is -0.385. The highest BCUT2D eigenvalue weighted by atomic mass is 19.1. The minimum absolute atomic E-state index is 0.149. The Morgan fingerprint density at radius 1 is 1.09 bits per heavy atom. The van der Waals surface area contributed by atoms with E-state index in [-0.39, 0.29) is 17.2 Å². The molecule has 1 aromatic heterocycles. The molecule has 3 rings (SSSR count). The van der Waals surface area contributed by atoms with Crippen molar-refractivity contribution >= 4 is 16.6 Å². The third-order valence-corrected chi connectivity index (χ3v) is 3.02. The highest BCUT2D eigenvalue weighted by Crippen LogP contribution is 2.32. The van der Waals surface area contributed by atoms with Gasteiger partial charge < -0.3 is 4.74 Å². The molecule has 0 amide bonds. The molecule has 0 saturated carbocycles. The molecular formula is C15H8FN2O4. The van der Waals surface area contributed by atoms with E-state index >= 15 is 0 Å². The zero-order valence-corrected chi connectivity index (χ0v) is 11.0. The van der Waals surface area contributed by atoms with E-state index in [0.29, 0.717) is 16.7 Å². The largest absolute Gasteiger partial charge is 0.454 e. The fourth-order valence-electron chi connectivity index (χ4n) is 2.00. The number of ether oxygens (including phenoxy) is 1. The van der Waals surface area contributed by atoms with Gasteiger partial charge in [0, 0.05) is 23.7 Å². The summed E-state index contributed by atoms with van der Waals surface area (Å²) in [6.45, 7) is 0. The zero-order chi connectivity index (χ0) is 15.7. The van der Waals surface area contributed by atoms with Crippen LogP contribution in [0.2, 0.25) is 0 Å². The van der Waals surface area contributed by atoms with E-state index in [1.807, 2.05) is 0 Å². The average molecular weight is 299 g/mol. The van der Waals surface area contributed by atoms with Crippen LogP contribution in [0, 0.1) is 15.9 Å². The zero-order valence-electron chi connectivity index (χ0n) is 11.0. The standard InChI is InChI=1S/C15H8FN2O4/c16-12-7-9(18(20)21)1-4-15(12)22-14-5-6-17-13-8-10(19)2-3-11(13)14/h1-8H.